The van der Waals surface area contributed by atoms with Crippen LogP contribution in [-0.2, 0) is 19.6 Å². The van der Waals surface area contributed by atoms with Crippen molar-refractivity contribution in [2.24, 2.45) is 5.73 Å². The number of aromatic nitrogens is 1. The van der Waals surface area contributed by atoms with E-state index < -0.39 is 0 Å². The lowest BCUT2D eigenvalue weighted by Crippen LogP contribution is -2.23. The van der Waals surface area contributed by atoms with E-state index in [-0.39, 0.29) is 0 Å². The average Bonchev–Trinajstić information content (AvgIpc) is 2.91. The van der Waals surface area contributed by atoms with Crippen LogP contribution in [0.25, 0.3) is 0 Å². The first-order chi connectivity index (χ1) is 8.83. The fourth-order valence-electron chi connectivity index (χ4n) is 1.94. The maximum atomic E-state index is 5.70. The highest BCUT2D eigenvalue weighted by Gasteiger charge is 2.09. The molecule has 18 heavy (non-hydrogen) atoms. The van der Waals surface area contributed by atoms with E-state index >= 15 is 0 Å². The molecule has 0 fully saturated rings. The molecule has 0 spiro atoms. The number of hydrogen-bond donors (Lipinski definition) is 1. The van der Waals surface area contributed by atoms with Gasteiger partial charge in [-0.15, -0.1) is 0 Å². The summed E-state index contributed by atoms with van der Waals surface area (Å²) >= 11 is 0. The highest BCUT2D eigenvalue weighted by molar-refractivity contribution is 5.19. The minimum Gasteiger partial charge on any atom is -0.468 e. The van der Waals surface area contributed by atoms with E-state index in [1.54, 1.807) is 12.5 Å². The number of furan rings is 1. The molecule has 0 aliphatic heterocycles. The molecule has 0 saturated carbocycles. The average molecular weight is 245 g/mol. The molecule has 2 heterocycles. The van der Waals surface area contributed by atoms with Crippen molar-refractivity contribution in [3.05, 3.63) is 53.7 Å². The summed E-state index contributed by atoms with van der Waals surface area (Å²) in [6, 6.07) is 7.95. The van der Waals surface area contributed by atoms with E-state index in [2.05, 4.69) is 22.9 Å². The first-order valence-electron chi connectivity index (χ1n) is 6.21. The summed E-state index contributed by atoms with van der Waals surface area (Å²) < 4.78 is 5.38. The Hall–Kier alpha value is -1.65. The number of nitrogens with zero attached hydrogens (tertiary/aromatic N) is 2. The molecule has 0 radical (unpaired) electrons. The van der Waals surface area contributed by atoms with Crippen molar-refractivity contribution in [1.29, 1.82) is 0 Å². The van der Waals surface area contributed by atoms with E-state index in [4.69, 9.17) is 10.2 Å². The van der Waals surface area contributed by atoms with Gasteiger partial charge in [0.25, 0.3) is 0 Å². The zero-order chi connectivity index (χ0) is 12.8. The van der Waals surface area contributed by atoms with Crippen molar-refractivity contribution < 1.29 is 4.42 Å². The first-order valence-corrected chi connectivity index (χ1v) is 6.21. The van der Waals surface area contributed by atoms with Gasteiger partial charge in [-0.25, -0.2) is 0 Å². The summed E-state index contributed by atoms with van der Waals surface area (Å²) in [4.78, 5) is 6.61. The molecule has 2 aromatic heterocycles. The molecule has 2 rings (SSSR count). The summed E-state index contributed by atoms with van der Waals surface area (Å²) in [7, 11) is 0. The van der Waals surface area contributed by atoms with Gasteiger partial charge in [-0.05, 0) is 30.3 Å². The summed E-state index contributed by atoms with van der Waals surface area (Å²) in [5, 5.41) is 0. The van der Waals surface area contributed by atoms with E-state index in [0.29, 0.717) is 6.54 Å². The Bertz CT molecular complexity index is 468. The van der Waals surface area contributed by atoms with E-state index in [1.165, 1.54) is 5.56 Å². The molecule has 0 unspecified atom stereocenters. The lowest BCUT2D eigenvalue weighted by molar-refractivity contribution is 0.247. The summed E-state index contributed by atoms with van der Waals surface area (Å²) in [5.74, 6) is 0.982. The normalized spacial score (nSPS) is 11.1. The first kappa shape index (κ1) is 12.8. The molecule has 2 N–H and O–H groups in total. The minimum atomic E-state index is 0.481. The van der Waals surface area contributed by atoms with Gasteiger partial charge in [0.15, 0.2) is 0 Å². The molecule has 0 aliphatic rings. The van der Waals surface area contributed by atoms with Gasteiger partial charge in [-0.1, -0.05) is 13.0 Å². The highest BCUT2D eigenvalue weighted by atomic mass is 16.3. The zero-order valence-corrected chi connectivity index (χ0v) is 10.7. The number of hydrogen-bond acceptors (Lipinski definition) is 4. The highest BCUT2D eigenvalue weighted by Crippen LogP contribution is 2.12. The molecule has 0 atom stereocenters. The lowest BCUT2D eigenvalue weighted by Gasteiger charge is -2.20. The summed E-state index contributed by atoms with van der Waals surface area (Å²) in [5.41, 5.74) is 7.86. The molecule has 0 bridgehead atoms. The third-order valence-corrected chi connectivity index (χ3v) is 2.98. The van der Waals surface area contributed by atoms with Gasteiger partial charge in [0.1, 0.15) is 5.76 Å². The van der Waals surface area contributed by atoms with Gasteiger partial charge in [0.05, 0.1) is 18.5 Å². The molecule has 0 amide bonds. The van der Waals surface area contributed by atoms with Crippen LogP contribution in [0.2, 0.25) is 0 Å². The van der Waals surface area contributed by atoms with Crippen LogP contribution in [0, 0.1) is 0 Å². The van der Waals surface area contributed by atoms with Crippen molar-refractivity contribution in [2.45, 2.75) is 26.6 Å². The standard InChI is InChI=1S/C14H19N3O/c1-2-17(11-13-6-4-8-18-13)10-12-5-3-7-16-14(12)9-15/h3-8H,2,9-11,15H2,1H3. The topological polar surface area (TPSA) is 55.3 Å². The molecule has 96 valence electrons. The van der Waals surface area contributed by atoms with Crippen LogP contribution < -0.4 is 5.73 Å². The number of pyridine rings is 1. The van der Waals surface area contributed by atoms with E-state index in [9.17, 15) is 0 Å². The lowest BCUT2D eigenvalue weighted by atomic mass is 10.1. The van der Waals surface area contributed by atoms with Gasteiger partial charge in [-0.3, -0.25) is 9.88 Å². The third-order valence-electron chi connectivity index (χ3n) is 2.98. The van der Waals surface area contributed by atoms with Crippen LogP contribution >= 0.6 is 0 Å². The van der Waals surface area contributed by atoms with Crippen molar-refractivity contribution in [1.82, 2.24) is 9.88 Å². The quantitative estimate of drug-likeness (QED) is 0.847. The van der Waals surface area contributed by atoms with Crippen molar-refractivity contribution in [3.8, 4) is 0 Å². The van der Waals surface area contributed by atoms with Crippen LogP contribution in [0.15, 0.2) is 41.1 Å². The molecule has 2 aromatic rings. The second-order valence-electron chi connectivity index (χ2n) is 4.20. The van der Waals surface area contributed by atoms with Crippen LogP contribution in [0.3, 0.4) is 0 Å². The molecular weight excluding hydrogens is 226 g/mol. The Morgan fingerprint density at radius 1 is 1.28 bits per heavy atom. The molecule has 0 saturated heterocycles. The zero-order valence-electron chi connectivity index (χ0n) is 10.7. The van der Waals surface area contributed by atoms with Crippen LogP contribution in [0.4, 0.5) is 0 Å². The predicted molar refractivity (Wildman–Crippen MR) is 70.6 cm³/mol. The molecular formula is C14H19N3O. The monoisotopic (exact) mass is 245 g/mol. The van der Waals surface area contributed by atoms with Crippen LogP contribution in [0.1, 0.15) is 23.9 Å². The minimum absolute atomic E-state index is 0.481. The van der Waals surface area contributed by atoms with E-state index in [0.717, 1.165) is 31.1 Å². The molecule has 4 heteroatoms. The van der Waals surface area contributed by atoms with Crippen LogP contribution in [0.5, 0.6) is 0 Å². The van der Waals surface area contributed by atoms with E-state index in [1.807, 2.05) is 18.2 Å². The fraction of sp³-hybridized carbons (Fsp3) is 0.357. The van der Waals surface area contributed by atoms with Gasteiger partial charge < -0.3 is 10.2 Å². The predicted octanol–water partition coefficient (Wildman–Crippen LogP) is 2.16. The van der Waals surface area contributed by atoms with Crippen molar-refractivity contribution >= 4 is 0 Å². The van der Waals surface area contributed by atoms with Gasteiger partial charge in [0, 0.05) is 19.3 Å². The fourth-order valence-corrected chi connectivity index (χ4v) is 1.94. The van der Waals surface area contributed by atoms with Gasteiger partial charge >= 0.3 is 0 Å². The van der Waals surface area contributed by atoms with Crippen molar-refractivity contribution in [2.75, 3.05) is 6.54 Å². The smallest absolute Gasteiger partial charge is 0.117 e. The molecule has 0 aromatic carbocycles. The second kappa shape index (κ2) is 6.33. The Morgan fingerprint density at radius 2 is 2.17 bits per heavy atom. The maximum absolute atomic E-state index is 5.70. The maximum Gasteiger partial charge on any atom is 0.117 e. The van der Waals surface area contributed by atoms with Gasteiger partial charge in [0.2, 0.25) is 0 Å². The SMILES string of the molecule is CCN(Cc1ccco1)Cc1cccnc1CN. The number of nitrogens with two attached hydrogens (primary N) is 1. The molecule has 4 nitrogen and oxygen atoms in total. The second-order valence-corrected chi connectivity index (χ2v) is 4.20. The Morgan fingerprint density at radius 3 is 2.83 bits per heavy atom. The summed E-state index contributed by atoms with van der Waals surface area (Å²) in [6.45, 7) is 5.23. The summed E-state index contributed by atoms with van der Waals surface area (Å²) in [6.07, 6.45) is 3.49. The van der Waals surface area contributed by atoms with Crippen LogP contribution in [-0.4, -0.2) is 16.4 Å². The Labute approximate surface area is 107 Å². The largest absolute Gasteiger partial charge is 0.468 e. The van der Waals surface area contributed by atoms with Gasteiger partial charge in [-0.2, -0.15) is 0 Å². The Kier molecular flexibility index (Phi) is 4.50. The third kappa shape index (κ3) is 3.18. The van der Waals surface area contributed by atoms with Crippen molar-refractivity contribution in [3.63, 3.8) is 0 Å². The molecule has 0 aliphatic carbocycles. The Balaban J connectivity index is 2.05. The number of rotatable bonds is 6.